The molecular weight excluding hydrogens is 637 g/mol. The van der Waals surface area contributed by atoms with E-state index < -0.39 is 34.1 Å². The fourth-order valence-corrected chi connectivity index (χ4v) is 6.00. The summed E-state index contributed by atoms with van der Waals surface area (Å²) < 4.78 is 29.6. The third kappa shape index (κ3) is 8.22. The second kappa shape index (κ2) is 12.9. The van der Waals surface area contributed by atoms with Crippen LogP contribution in [0.15, 0.2) is 76.1 Å². The van der Waals surface area contributed by atoms with Gasteiger partial charge in [0.05, 0.1) is 15.6 Å². The fraction of sp³-hybridized carbons (Fsp3) is 0.310. The normalized spacial score (nSPS) is 12.5. The second-order valence-corrected chi connectivity index (χ2v) is 14.1. The Bertz CT molecular complexity index is 1470. The summed E-state index contributed by atoms with van der Waals surface area (Å²) in [6, 6.07) is 17.1. The molecule has 0 bridgehead atoms. The SMILES string of the molecule is Cc1ccc(S(=O)(=O)N(CC(=O)N(Cc2ccc(Br)cc2)[C@H](C)C(=O)NC(C)(C)C)c2cc(Cl)ccc2Cl)cc1. The zero-order valence-electron chi connectivity index (χ0n) is 22.9. The van der Waals surface area contributed by atoms with Crippen molar-refractivity contribution in [3.05, 3.63) is 92.4 Å². The summed E-state index contributed by atoms with van der Waals surface area (Å²) in [7, 11) is -4.26. The van der Waals surface area contributed by atoms with E-state index in [4.69, 9.17) is 23.2 Å². The van der Waals surface area contributed by atoms with Gasteiger partial charge in [-0.2, -0.15) is 0 Å². The highest BCUT2D eigenvalue weighted by Crippen LogP contribution is 2.33. The van der Waals surface area contributed by atoms with Crippen LogP contribution >= 0.6 is 39.1 Å². The van der Waals surface area contributed by atoms with Crippen molar-refractivity contribution in [2.45, 2.75) is 57.6 Å². The first-order valence-corrected chi connectivity index (χ1v) is 15.5. The molecule has 0 aliphatic heterocycles. The molecule has 3 rings (SSSR count). The Morgan fingerprint density at radius 1 is 0.975 bits per heavy atom. The number of hydrogen-bond acceptors (Lipinski definition) is 4. The van der Waals surface area contributed by atoms with E-state index in [-0.39, 0.29) is 33.1 Å². The molecule has 0 aromatic heterocycles. The third-order valence-corrected chi connectivity index (χ3v) is 8.85. The van der Waals surface area contributed by atoms with Gasteiger partial charge < -0.3 is 10.2 Å². The number of nitrogens with one attached hydrogen (secondary N) is 1. The van der Waals surface area contributed by atoms with Gasteiger partial charge in [0, 0.05) is 21.6 Å². The molecular formula is C29H32BrCl2N3O4S. The van der Waals surface area contributed by atoms with Crippen LogP contribution in [0.1, 0.15) is 38.8 Å². The molecule has 7 nitrogen and oxygen atoms in total. The Morgan fingerprint density at radius 2 is 1.57 bits per heavy atom. The van der Waals surface area contributed by atoms with Crippen molar-refractivity contribution in [2.24, 2.45) is 0 Å². The van der Waals surface area contributed by atoms with Crippen molar-refractivity contribution in [1.29, 1.82) is 0 Å². The first-order chi connectivity index (χ1) is 18.6. The molecule has 3 aromatic rings. The van der Waals surface area contributed by atoms with E-state index in [1.165, 1.54) is 35.2 Å². The Kier molecular flexibility index (Phi) is 10.3. The van der Waals surface area contributed by atoms with Crippen molar-refractivity contribution in [2.75, 3.05) is 10.8 Å². The van der Waals surface area contributed by atoms with E-state index in [0.29, 0.717) is 0 Å². The zero-order valence-corrected chi connectivity index (χ0v) is 26.8. The largest absolute Gasteiger partial charge is 0.350 e. The molecule has 0 heterocycles. The first kappa shape index (κ1) is 31.9. The van der Waals surface area contributed by atoms with Crippen LogP contribution in [0.2, 0.25) is 10.0 Å². The number of anilines is 1. The molecule has 0 radical (unpaired) electrons. The van der Waals surface area contributed by atoms with Crippen LogP contribution in [0, 0.1) is 6.92 Å². The van der Waals surface area contributed by atoms with E-state index in [2.05, 4.69) is 21.2 Å². The summed E-state index contributed by atoms with van der Waals surface area (Å²) in [5, 5.41) is 3.25. The van der Waals surface area contributed by atoms with Crippen molar-refractivity contribution in [3.8, 4) is 0 Å². The van der Waals surface area contributed by atoms with E-state index in [1.807, 2.05) is 52.0 Å². The number of nitrogens with zero attached hydrogens (tertiary/aromatic N) is 2. The number of rotatable bonds is 9. The van der Waals surface area contributed by atoms with Crippen LogP contribution in [0.4, 0.5) is 5.69 Å². The van der Waals surface area contributed by atoms with Crippen molar-refractivity contribution in [3.63, 3.8) is 0 Å². The van der Waals surface area contributed by atoms with Gasteiger partial charge in [0.25, 0.3) is 10.0 Å². The van der Waals surface area contributed by atoms with Crippen LogP contribution in [-0.2, 0) is 26.2 Å². The van der Waals surface area contributed by atoms with Gasteiger partial charge in [0.1, 0.15) is 12.6 Å². The monoisotopic (exact) mass is 667 g/mol. The lowest BCUT2D eigenvalue weighted by molar-refractivity contribution is -0.140. The predicted molar refractivity (Wildman–Crippen MR) is 164 cm³/mol. The van der Waals surface area contributed by atoms with E-state index in [0.717, 1.165) is 19.9 Å². The summed E-state index contributed by atoms with van der Waals surface area (Å²) in [6.45, 7) is 8.45. The molecule has 0 fully saturated rings. The number of benzene rings is 3. The topological polar surface area (TPSA) is 86.8 Å². The summed E-state index contributed by atoms with van der Waals surface area (Å²) in [5.41, 5.74) is 1.16. The molecule has 2 amide bonds. The maximum absolute atomic E-state index is 14.0. The Morgan fingerprint density at radius 3 is 2.15 bits per heavy atom. The van der Waals surface area contributed by atoms with Gasteiger partial charge in [-0.25, -0.2) is 8.42 Å². The molecule has 3 aromatic carbocycles. The highest BCUT2D eigenvalue weighted by atomic mass is 79.9. The van der Waals surface area contributed by atoms with Crippen LogP contribution in [-0.4, -0.2) is 43.3 Å². The van der Waals surface area contributed by atoms with Crippen molar-refractivity contribution >= 4 is 66.7 Å². The Balaban J connectivity index is 2.08. The van der Waals surface area contributed by atoms with Gasteiger partial charge in [-0.1, -0.05) is 69.0 Å². The zero-order chi connectivity index (χ0) is 29.8. The summed E-state index contributed by atoms with van der Waals surface area (Å²) in [5.74, 6) is -0.960. The van der Waals surface area contributed by atoms with Gasteiger partial charge in [-0.3, -0.25) is 13.9 Å². The predicted octanol–water partition coefficient (Wildman–Crippen LogP) is 6.59. The van der Waals surface area contributed by atoms with Crippen molar-refractivity contribution in [1.82, 2.24) is 10.2 Å². The molecule has 0 saturated heterocycles. The summed E-state index contributed by atoms with van der Waals surface area (Å²) in [4.78, 5) is 28.5. The van der Waals surface area contributed by atoms with Gasteiger partial charge in [0.15, 0.2) is 0 Å². The summed E-state index contributed by atoms with van der Waals surface area (Å²) in [6.07, 6.45) is 0. The van der Waals surface area contributed by atoms with Gasteiger partial charge in [0.2, 0.25) is 11.8 Å². The molecule has 0 aliphatic carbocycles. The molecule has 11 heteroatoms. The Labute approximate surface area is 254 Å². The molecule has 0 aliphatic rings. The van der Waals surface area contributed by atoms with E-state index in [9.17, 15) is 18.0 Å². The summed E-state index contributed by atoms with van der Waals surface area (Å²) >= 11 is 16.1. The fourth-order valence-electron chi connectivity index (χ4n) is 3.87. The maximum Gasteiger partial charge on any atom is 0.264 e. The lowest BCUT2D eigenvalue weighted by atomic mass is 10.1. The molecule has 40 heavy (non-hydrogen) atoms. The quantitative estimate of drug-likeness (QED) is 0.279. The third-order valence-electron chi connectivity index (χ3n) is 6.00. The highest BCUT2D eigenvalue weighted by Gasteiger charge is 2.34. The molecule has 1 atom stereocenters. The first-order valence-electron chi connectivity index (χ1n) is 12.5. The molecule has 0 saturated carbocycles. The molecule has 214 valence electrons. The molecule has 0 unspecified atom stereocenters. The minimum atomic E-state index is -4.26. The number of aryl methyl sites for hydroxylation is 1. The smallest absolute Gasteiger partial charge is 0.264 e. The number of sulfonamides is 1. The van der Waals surface area contributed by atoms with Crippen LogP contribution < -0.4 is 9.62 Å². The number of carbonyl (C=O) groups excluding carboxylic acids is 2. The van der Waals surface area contributed by atoms with Gasteiger partial charge in [-0.05, 0) is 82.6 Å². The lowest BCUT2D eigenvalue weighted by Crippen LogP contribution is -2.54. The number of amides is 2. The highest BCUT2D eigenvalue weighted by molar-refractivity contribution is 9.10. The van der Waals surface area contributed by atoms with Crippen LogP contribution in [0.5, 0.6) is 0 Å². The van der Waals surface area contributed by atoms with Gasteiger partial charge >= 0.3 is 0 Å². The lowest BCUT2D eigenvalue weighted by Gasteiger charge is -2.33. The minimum Gasteiger partial charge on any atom is -0.350 e. The number of hydrogen-bond donors (Lipinski definition) is 1. The van der Waals surface area contributed by atoms with Gasteiger partial charge in [-0.15, -0.1) is 0 Å². The number of carbonyl (C=O) groups is 2. The Hall–Kier alpha value is -2.59. The standard InChI is InChI=1S/C29H32BrCl2N3O4S/c1-19-6-13-24(14-7-19)40(38,39)35(26-16-23(31)12-15-25(26)32)18-27(36)34(17-21-8-10-22(30)11-9-21)20(2)28(37)33-29(3,4)5/h6-16,20H,17-18H2,1-5H3,(H,33,37)/t20-/m1/s1. The average molecular weight is 669 g/mol. The average Bonchev–Trinajstić information content (AvgIpc) is 2.87. The maximum atomic E-state index is 14.0. The number of halogens is 3. The molecule has 1 N–H and O–H groups in total. The van der Waals surface area contributed by atoms with E-state index in [1.54, 1.807) is 19.1 Å². The van der Waals surface area contributed by atoms with Crippen LogP contribution in [0.25, 0.3) is 0 Å². The van der Waals surface area contributed by atoms with Crippen molar-refractivity contribution < 1.29 is 18.0 Å². The minimum absolute atomic E-state index is 0.0140. The van der Waals surface area contributed by atoms with Crippen LogP contribution in [0.3, 0.4) is 0 Å². The molecule has 0 spiro atoms. The second-order valence-electron chi connectivity index (χ2n) is 10.5. The van der Waals surface area contributed by atoms with E-state index >= 15 is 0 Å².